The van der Waals surface area contributed by atoms with Crippen molar-refractivity contribution in [1.29, 1.82) is 0 Å². The average Bonchev–Trinajstić information content (AvgIpc) is 2.59. The Hall–Kier alpha value is -0.430. The minimum absolute atomic E-state index is 0.213. The standard InChI is InChI=1S/C11H14BrNO3S/c1-11(16-5-10(14)15)6-13(7-11)4-8-2-3-9(12)17-8/h2-3H,4-7H2,1H3,(H,14,15). The van der Waals surface area contributed by atoms with Crippen LogP contribution in [0.5, 0.6) is 0 Å². The first-order chi connectivity index (χ1) is 7.97. The van der Waals surface area contributed by atoms with Gasteiger partial charge in [0.25, 0.3) is 0 Å². The van der Waals surface area contributed by atoms with Gasteiger partial charge in [-0.15, -0.1) is 11.3 Å². The highest BCUT2D eigenvalue weighted by atomic mass is 79.9. The van der Waals surface area contributed by atoms with E-state index in [0.29, 0.717) is 0 Å². The van der Waals surface area contributed by atoms with E-state index in [0.717, 1.165) is 23.4 Å². The number of ether oxygens (including phenoxy) is 1. The summed E-state index contributed by atoms with van der Waals surface area (Å²) >= 11 is 5.16. The first kappa shape index (κ1) is 13.0. The summed E-state index contributed by atoms with van der Waals surface area (Å²) in [6, 6.07) is 4.14. The van der Waals surface area contributed by atoms with Gasteiger partial charge in [-0.05, 0) is 35.0 Å². The van der Waals surface area contributed by atoms with Crippen molar-refractivity contribution >= 4 is 33.2 Å². The van der Waals surface area contributed by atoms with Gasteiger partial charge in [0, 0.05) is 24.5 Å². The third-order valence-electron chi connectivity index (χ3n) is 2.67. The molecule has 1 aromatic heterocycles. The molecule has 94 valence electrons. The van der Waals surface area contributed by atoms with Crippen LogP contribution in [0.4, 0.5) is 0 Å². The van der Waals surface area contributed by atoms with Crippen LogP contribution in [-0.2, 0) is 16.1 Å². The van der Waals surface area contributed by atoms with Gasteiger partial charge in [0.05, 0.1) is 9.39 Å². The Kier molecular flexibility index (Phi) is 3.87. The molecule has 0 radical (unpaired) electrons. The Labute approximate surface area is 112 Å². The molecule has 1 aliphatic rings. The molecule has 1 aromatic rings. The molecule has 1 N–H and O–H groups in total. The highest BCUT2D eigenvalue weighted by Crippen LogP contribution is 2.29. The maximum atomic E-state index is 10.4. The molecule has 0 bridgehead atoms. The third-order valence-corrected chi connectivity index (χ3v) is 4.28. The predicted molar refractivity (Wildman–Crippen MR) is 69.3 cm³/mol. The molecule has 0 amide bonds. The van der Waals surface area contributed by atoms with E-state index in [1.165, 1.54) is 4.88 Å². The van der Waals surface area contributed by atoms with E-state index in [4.69, 9.17) is 9.84 Å². The van der Waals surface area contributed by atoms with Gasteiger partial charge in [0.2, 0.25) is 0 Å². The molecule has 0 unspecified atom stereocenters. The second-order valence-corrected chi connectivity index (χ2v) is 7.03. The fourth-order valence-corrected chi connectivity index (χ4v) is 3.52. The van der Waals surface area contributed by atoms with E-state index < -0.39 is 5.97 Å². The molecule has 0 aliphatic carbocycles. The molecular weight excluding hydrogens is 306 g/mol. The van der Waals surface area contributed by atoms with Crippen LogP contribution >= 0.6 is 27.3 Å². The second-order valence-electron chi connectivity index (χ2n) is 4.48. The zero-order valence-corrected chi connectivity index (χ0v) is 11.9. The lowest BCUT2D eigenvalue weighted by Crippen LogP contribution is -2.61. The van der Waals surface area contributed by atoms with Crippen molar-refractivity contribution in [2.75, 3.05) is 19.7 Å². The van der Waals surface area contributed by atoms with Gasteiger partial charge >= 0.3 is 5.97 Å². The quantitative estimate of drug-likeness (QED) is 0.903. The topological polar surface area (TPSA) is 49.8 Å². The number of carbonyl (C=O) groups is 1. The molecule has 0 saturated carbocycles. The van der Waals surface area contributed by atoms with Crippen LogP contribution < -0.4 is 0 Å². The molecule has 1 aliphatic heterocycles. The number of nitrogens with zero attached hydrogens (tertiary/aromatic N) is 1. The number of likely N-dealkylation sites (tertiary alicyclic amines) is 1. The maximum Gasteiger partial charge on any atom is 0.329 e. The number of hydrogen-bond donors (Lipinski definition) is 1. The van der Waals surface area contributed by atoms with Crippen molar-refractivity contribution < 1.29 is 14.6 Å². The van der Waals surface area contributed by atoms with Gasteiger partial charge in [0.1, 0.15) is 6.61 Å². The number of halogens is 1. The molecule has 17 heavy (non-hydrogen) atoms. The molecule has 4 nitrogen and oxygen atoms in total. The van der Waals surface area contributed by atoms with E-state index in [1.54, 1.807) is 11.3 Å². The normalized spacial score (nSPS) is 18.9. The van der Waals surface area contributed by atoms with Crippen LogP contribution in [0.2, 0.25) is 0 Å². The molecule has 1 saturated heterocycles. The molecule has 0 aromatic carbocycles. The highest BCUT2D eigenvalue weighted by molar-refractivity contribution is 9.11. The lowest BCUT2D eigenvalue weighted by atomic mass is 9.96. The molecule has 6 heteroatoms. The van der Waals surface area contributed by atoms with Gasteiger partial charge in [0.15, 0.2) is 0 Å². The van der Waals surface area contributed by atoms with Crippen LogP contribution in [0.3, 0.4) is 0 Å². The number of hydrogen-bond acceptors (Lipinski definition) is 4. The number of aliphatic carboxylic acids is 1. The third kappa shape index (κ3) is 3.51. The number of thiophene rings is 1. The number of rotatable bonds is 5. The fraction of sp³-hybridized carbons (Fsp3) is 0.545. The molecule has 1 fully saturated rings. The Morgan fingerprint density at radius 1 is 1.65 bits per heavy atom. The monoisotopic (exact) mass is 319 g/mol. The lowest BCUT2D eigenvalue weighted by Gasteiger charge is -2.47. The number of carboxylic acids is 1. The zero-order chi connectivity index (χ0) is 12.5. The smallest absolute Gasteiger partial charge is 0.329 e. The Balaban J connectivity index is 1.76. The fourth-order valence-electron chi connectivity index (χ4n) is 2.00. The Bertz CT molecular complexity index is 415. The summed E-state index contributed by atoms with van der Waals surface area (Å²) in [7, 11) is 0. The molecule has 2 rings (SSSR count). The Morgan fingerprint density at radius 3 is 2.88 bits per heavy atom. The zero-order valence-electron chi connectivity index (χ0n) is 9.48. The lowest BCUT2D eigenvalue weighted by molar-refractivity contribution is -0.165. The SMILES string of the molecule is CC1(OCC(=O)O)CN(Cc2ccc(Br)s2)C1. The predicted octanol–water partition coefficient (Wildman–Crippen LogP) is 2.19. The van der Waals surface area contributed by atoms with Crippen molar-refractivity contribution in [1.82, 2.24) is 4.90 Å². The molecule has 0 spiro atoms. The van der Waals surface area contributed by atoms with Crippen LogP contribution in [0.25, 0.3) is 0 Å². The van der Waals surface area contributed by atoms with E-state index in [9.17, 15) is 4.79 Å². The van der Waals surface area contributed by atoms with E-state index >= 15 is 0 Å². The largest absolute Gasteiger partial charge is 0.480 e. The summed E-state index contributed by atoms with van der Waals surface area (Å²) < 4.78 is 6.49. The summed E-state index contributed by atoms with van der Waals surface area (Å²) in [5.74, 6) is -0.910. The highest BCUT2D eigenvalue weighted by Gasteiger charge is 2.40. The van der Waals surface area contributed by atoms with Crippen LogP contribution in [0, 0.1) is 0 Å². The van der Waals surface area contributed by atoms with E-state index in [-0.39, 0.29) is 12.2 Å². The van der Waals surface area contributed by atoms with Crippen molar-refractivity contribution in [3.63, 3.8) is 0 Å². The van der Waals surface area contributed by atoms with Gasteiger partial charge in [-0.2, -0.15) is 0 Å². The summed E-state index contributed by atoms with van der Waals surface area (Å²) in [4.78, 5) is 14.0. The first-order valence-corrected chi connectivity index (χ1v) is 6.90. The maximum absolute atomic E-state index is 10.4. The van der Waals surface area contributed by atoms with Gasteiger partial charge in [-0.1, -0.05) is 0 Å². The molecular formula is C11H14BrNO3S. The van der Waals surface area contributed by atoms with Gasteiger partial charge in [-0.3, -0.25) is 4.90 Å². The van der Waals surface area contributed by atoms with Gasteiger partial charge < -0.3 is 9.84 Å². The summed E-state index contributed by atoms with van der Waals surface area (Å²) in [6.07, 6.45) is 0. The Morgan fingerprint density at radius 2 is 2.35 bits per heavy atom. The minimum atomic E-state index is -0.910. The first-order valence-electron chi connectivity index (χ1n) is 5.29. The van der Waals surface area contributed by atoms with E-state index in [1.807, 2.05) is 13.0 Å². The summed E-state index contributed by atoms with van der Waals surface area (Å²) in [5, 5.41) is 8.56. The minimum Gasteiger partial charge on any atom is -0.480 e. The van der Waals surface area contributed by atoms with Crippen molar-refractivity contribution in [2.45, 2.75) is 19.1 Å². The van der Waals surface area contributed by atoms with Crippen molar-refractivity contribution in [3.05, 3.63) is 20.8 Å². The molecule has 0 atom stereocenters. The van der Waals surface area contributed by atoms with Crippen LogP contribution in [0.15, 0.2) is 15.9 Å². The van der Waals surface area contributed by atoms with Crippen LogP contribution in [-0.4, -0.2) is 41.3 Å². The second kappa shape index (κ2) is 5.06. The average molecular weight is 320 g/mol. The van der Waals surface area contributed by atoms with E-state index in [2.05, 4.69) is 26.9 Å². The number of carboxylic acid groups (broad SMARTS) is 1. The van der Waals surface area contributed by atoms with Crippen LogP contribution in [0.1, 0.15) is 11.8 Å². The molecule has 2 heterocycles. The summed E-state index contributed by atoms with van der Waals surface area (Å²) in [6.45, 7) is 4.22. The van der Waals surface area contributed by atoms with Gasteiger partial charge in [-0.25, -0.2) is 4.79 Å². The van der Waals surface area contributed by atoms with Crippen molar-refractivity contribution in [3.8, 4) is 0 Å². The summed E-state index contributed by atoms with van der Waals surface area (Å²) in [5.41, 5.74) is -0.299. The van der Waals surface area contributed by atoms with Crippen molar-refractivity contribution in [2.24, 2.45) is 0 Å².